The fourth-order valence-electron chi connectivity index (χ4n) is 3.08. The van der Waals surface area contributed by atoms with Gasteiger partial charge in [-0.3, -0.25) is 9.69 Å². The van der Waals surface area contributed by atoms with Crippen molar-refractivity contribution < 1.29 is 9.53 Å². The minimum atomic E-state index is -0.128. The van der Waals surface area contributed by atoms with Crippen LogP contribution < -0.4 is 10.2 Å². The minimum absolute atomic E-state index is 0.128. The Kier molecular flexibility index (Phi) is 5.98. The lowest BCUT2D eigenvalue weighted by molar-refractivity contribution is 0.0383. The Morgan fingerprint density at radius 1 is 1.29 bits per heavy atom. The van der Waals surface area contributed by atoms with E-state index in [0.717, 1.165) is 64.7 Å². The summed E-state index contributed by atoms with van der Waals surface area (Å²) in [6, 6.07) is 1.68. The van der Waals surface area contributed by atoms with E-state index in [0.29, 0.717) is 18.2 Å². The number of rotatable bonds is 5. The second kappa shape index (κ2) is 8.39. The summed E-state index contributed by atoms with van der Waals surface area (Å²) >= 11 is 0. The molecule has 1 amide bonds. The Hall–Kier alpha value is -1.73. The van der Waals surface area contributed by atoms with E-state index in [1.54, 1.807) is 12.3 Å². The van der Waals surface area contributed by atoms with Gasteiger partial charge in [-0.05, 0) is 24.8 Å². The van der Waals surface area contributed by atoms with Crippen LogP contribution in [0, 0.1) is 5.92 Å². The number of piperidine rings is 1. The van der Waals surface area contributed by atoms with Crippen molar-refractivity contribution in [1.82, 2.24) is 20.2 Å². The fourth-order valence-corrected chi connectivity index (χ4v) is 3.08. The van der Waals surface area contributed by atoms with E-state index in [-0.39, 0.29) is 5.91 Å². The van der Waals surface area contributed by atoms with Crippen LogP contribution in [0.25, 0.3) is 0 Å². The maximum atomic E-state index is 12.3. The smallest absolute Gasteiger partial charge is 0.270 e. The highest BCUT2D eigenvalue weighted by Gasteiger charge is 2.19. The fraction of sp³-hybridized carbons (Fsp3) is 0.706. The highest BCUT2D eigenvalue weighted by Crippen LogP contribution is 2.19. The zero-order chi connectivity index (χ0) is 16.8. The molecule has 2 aliphatic rings. The highest BCUT2D eigenvalue weighted by molar-refractivity contribution is 5.92. The van der Waals surface area contributed by atoms with Crippen LogP contribution >= 0.6 is 0 Å². The third kappa shape index (κ3) is 4.64. The second-order valence-corrected chi connectivity index (χ2v) is 6.62. The van der Waals surface area contributed by atoms with Gasteiger partial charge in [0.25, 0.3) is 5.91 Å². The Morgan fingerprint density at radius 2 is 2.04 bits per heavy atom. The number of nitrogens with zero attached hydrogens (tertiary/aromatic N) is 4. The molecule has 132 valence electrons. The van der Waals surface area contributed by atoms with Gasteiger partial charge in [-0.25, -0.2) is 9.97 Å². The number of anilines is 1. The van der Waals surface area contributed by atoms with Crippen molar-refractivity contribution in [3.8, 4) is 0 Å². The average Bonchev–Trinajstić information content (AvgIpc) is 2.63. The molecule has 0 atom stereocenters. The summed E-state index contributed by atoms with van der Waals surface area (Å²) in [4.78, 5) is 25.6. The second-order valence-electron chi connectivity index (χ2n) is 6.62. The molecule has 0 unspecified atom stereocenters. The van der Waals surface area contributed by atoms with Crippen molar-refractivity contribution in [2.45, 2.75) is 19.8 Å². The summed E-state index contributed by atoms with van der Waals surface area (Å²) in [5.41, 5.74) is 0.445. The van der Waals surface area contributed by atoms with E-state index in [4.69, 9.17) is 4.74 Å². The first-order valence-corrected chi connectivity index (χ1v) is 8.88. The van der Waals surface area contributed by atoms with Crippen molar-refractivity contribution in [1.29, 1.82) is 0 Å². The van der Waals surface area contributed by atoms with Crippen LogP contribution in [0.15, 0.2) is 12.3 Å². The van der Waals surface area contributed by atoms with E-state index in [2.05, 4.69) is 32.0 Å². The molecule has 3 heterocycles. The lowest BCUT2D eigenvalue weighted by Gasteiger charge is -2.30. The number of nitrogens with one attached hydrogen (secondary N) is 1. The summed E-state index contributed by atoms with van der Waals surface area (Å²) in [7, 11) is 0. The number of aromatic nitrogens is 2. The number of morpholine rings is 1. The number of hydrogen-bond donors (Lipinski definition) is 1. The van der Waals surface area contributed by atoms with Crippen LogP contribution in [-0.2, 0) is 4.74 Å². The molecule has 0 aliphatic carbocycles. The number of ether oxygens (including phenoxy) is 1. The van der Waals surface area contributed by atoms with Gasteiger partial charge >= 0.3 is 0 Å². The standard InChI is InChI=1S/C17H27N5O2/c1-14-3-7-22(8-4-14)17-19-5-2-15(20-17)16(23)18-6-9-21-10-12-24-13-11-21/h2,5,14H,3-4,6-13H2,1H3,(H,18,23). The van der Waals surface area contributed by atoms with Gasteiger partial charge in [-0.15, -0.1) is 0 Å². The molecule has 1 aromatic rings. The first-order chi connectivity index (χ1) is 11.7. The Balaban J connectivity index is 1.50. The molecule has 7 nitrogen and oxygen atoms in total. The van der Waals surface area contributed by atoms with Gasteiger partial charge in [-0.1, -0.05) is 6.92 Å². The molecule has 2 aliphatic heterocycles. The van der Waals surface area contributed by atoms with Gasteiger partial charge in [0.1, 0.15) is 5.69 Å². The topological polar surface area (TPSA) is 70.6 Å². The Bertz CT molecular complexity index is 540. The number of carbonyl (C=O) groups is 1. The van der Waals surface area contributed by atoms with Crippen molar-refractivity contribution >= 4 is 11.9 Å². The van der Waals surface area contributed by atoms with Gasteiger partial charge < -0.3 is 15.0 Å². The molecule has 0 bridgehead atoms. The van der Waals surface area contributed by atoms with E-state index in [1.807, 2.05) is 0 Å². The van der Waals surface area contributed by atoms with Gasteiger partial charge in [0, 0.05) is 45.5 Å². The van der Waals surface area contributed by atoms with Gasteiger partial charge in [0.2, 0.25) is 5.95 Å². The average molecular weight is 333 g/mol. The van der Waals surface area contributed by atoms with Crippen molar-refractivity contribution in [3.05, 3.63) is 18.0 Å². The lowest BCUT2D eigenvalue weighted by atomic mass is 10.00. The third-order valence-electron chi connectivity index (χ3n) is 4.76. The normalized spacial score (nSPS) is 20.1. The largest absolute Gasteiger partial charge is 0.379 e. The molecule has 2 fully saturated rings. The van der Waals surface area contributed by atoms with Crippen LogP contribution in [0.3, 0.4) is 0 Å². The zero-order valence-corrected chi connectivity index (χ0v) is 14.4. The van der Waals surface area contributed by atoms with Crippen molar-refractivity contribution in [2.75, 3.05) is 57.4 Å². The first kappa shape index (κ1) is 17.1. The van der Waals surface area contributed by atoms with E-state index >= 15 is 0 Å². The summed E-state index contributed by atoms with van der Waals surface area (Å²) in [6.07, 6.45) is 3.98. The maximum absolute atomic E-state index is 12.3. The van der Waals surface area contributed by atoms with Gasteiger partial charge in [0.15, 0.2) is 0 Å². The lowest BCUT2D eigenvalue weighted by Crippen LogP contribution is -2.41. The van der Waals surface area contributed by atoms with Crippen molar-refractivity contribution in [2.24, 2.45) is 5.92 Å². The third-order valence-corrected chi connectivity index (χ3v) is 4.76. The highest BCUT2D eigenvalue weighted by atomic mass is 16.5. The molecular formula is C17H27N5O2. The van der Waals surface area contributed by atoms with E-state index in [9.17, 15) is 4.79 Å². The van der Waals surface area contributed by atoms with Crippen LogP contribution in [0.4, 0.5) is 5.95 Å². The van der Waals surface area contributed by atoms with E-state index in [1.165, 1.54) is 0 Å². The molecule has 0 saturated carbocycles. The minimum Gasteiger partial charge on any atom is -0.379 e. The Morgan fingerprint density at radius 3 is 2.79 bits per heavy atom. The molecule has 2 saturated heterocycles. The molecule has 1 N–H and O–H groups in total. The SMILES string of the molecule is CC1CCN(c2nccc(C(=O)NCCN3CCOCC3)n2)CC1. The van der Waals surface area contributed by atoms with Gasteiger partial charge in [-0.2, -0.15) is 0 Å². The van der Waals surface area contributed by atoms with Gasteiger partial charge in [0.05, 0.1) is 13.2 Å². The number of hydrogen-bond acceptors (Lipinski definition) is 6. The predicted molar refractivity (Wildman–Crippen MR) is 92.2 cm³/mol. The number of carbonyl (C=O) groups excluding carboxylic acids is 1. The summed E-state index contributed by atoms with van der Waals surface area (Å²) in [5, 5.41) is 2.95. The van der Waals surface area contributed by atoms with Crippen LogP contribution in [-0.4, -0.2) is 73.3 Å². The zero-order valence-electron chi connectivity index (χ0n) is 14.4. The summed E-state index contributed by atoms with van der Waals surface area (Å²) in [5.74, 6) is 1.30. The number of amides is 1. The monoisotopic (exact) mass is 333 g/mol. The Labute approximate surface area is 143 Å². The van der Waals surface area contributed by atoms with Crippen LogP contribution in [0.2, 0.25) is 0 Å². The predicted octanol–water partition coefficient (Wildman–Crippen LogP) is 0.775. The quantitative estimate of drug-likeness (QED) is 0.858. The first-order valence-electron chi connectivity index (χ1n) is 8.88. The van der Waals surface area contributed by atoms with E-state index < -0.39 is 0 Å². The maximum Gasteiger partial charge on any atom is 0.270 e. The van der Waals surface area contributed by atoms with Crippen LogP contribution in [0.1, 0.15) is 30.3 Å². The molecule has 3 rings (SSSR count). The summed E-state index contributed by atoms with van der Waals surface area (Å²) < 4.78 is 5.32. The summed E-state index contributed by atoms with van der Waals surface area (Å²) in [6.45, 7) is 9.08. The molecule has 24 heavy (non-hydrogen) atoms. The van der Waals surface area contributed by atoms with Crippen molar-refractivity contribution in [3.63, 3.8) is 0 Å². The molecule has 1 aromatic heterocycles. The molecule has 7 heteroatoms. The van der Waals surface area contributed by atoms with Crippen LogP contribution in [0.5, 0.6) is 0 Å². The molecule has 0 aromatic carbocycles. The molecule has 0 radical (unpaired) electrons. The molecular weight excluding hydrogens is 306 g/mol. The molecule has 0 spiro atoms.